The summed E-state index contributed by atoms with van der Waals surface area (Å²) in [7, 11) is 0. The molecule has 7 heterocycles. The van der Waals surface area contributed by atoms with Crippen molar-refractivity contribution >= 4 is 62.9 Å². The van der Waals surface area contributed by atoms with Crippen molar-refractivity contribution in [2.24, 2.45) is 0 Å². The van der Waals surface area contributed by atoms with Crippen molar-refractivity contribution in [3.8, 4) is 55.8 Å². The van der Waals surface area contributed by atoms with Crippen molar-refractivity contribution in [3.05, 3.63) is 204 Å². The van der Waals surface area contributed by atoms with Gasteiger partial charge >= 0.3 is 0 Å². The second-order valence-corrected chi connectivity index (χ2v) is 15.9. The van der Waals surface area contributed by atoms with Gasteiger partial charge in [-0.2, -0.15) is 0 Å². The van der Waals surface area contributed by atoms with Crippen LogP contribution in [-0.2, 0) is 0 Å². The lowest BCUT2D eigenvalue weighted by molar-refractivity contribution is 1.23. The summed E-state index contributed by atoms with van der Waals surface area (Å²) >= 11 is 0. The highest BCUT2D eigenvalue weighted by Crippen LogP contribution is 2.39. The number of fused-ring (bicyclic) bond motifs is 11. The number of nitrogens with zero attached hydrogens (tertiary/aromatic N) is 4. The Hall–Kier alpha value is -8.35. The van der Waals surface area contributed by atoms with E-state index < -0.39 is 0 Å². The summed E-state index contributed by atoms with van der Waals surface area (Å²) in [5.74, 6) is 0. The lowest BCUT2D eigenvalue weighted by atomic mass is 10.0. The molecule has 2 N–H and O–H groups in total. The average Bonchev–Trinajstić information content (AvgIpc) is 4.18. The highest BCUT2D eigenvalue weighted by molar-refractivity contribution is 6.01. The van der Waals surface area contributed by atoms with Gasteiger partial charge in [-0.25, -0.2) is 15.0 Å². The van der Waals surface area contributed by atoms with Gasteiger partial charge in [-0.1, -0.05) is 127 Å². The van der Waals surface area contributed by atoms with Gasteiger partial charge in [-0.05, 0) is 102 Å². The third-order valence-corrected chi connectivity index (χ3v) is 12.0. The number of H-pyrrole nitrogens is 2. The molecule has 0 radical (unpaired) electrons. The van der Waals surface area contributed by atoms with Gasteiger partial charge in [-0.15, -0.1) is 0 Å². The Labute approximate surface area is 357 Å². The van der Waals surface area contributed by atoms with Gasteiger partial charge < -0.3 is 14.4 Å². The zero-order valence-corrected chi connectivity index (χ0v) is 33.8. The van der Waals surface area contributed by atoms with Crippen LogP contribution in [0.25, 0.3) is 119 Å². The normalized spacial score (nSPS) is 12.1. The number of aromatic nitrogens is 6. The highest BCUT2D eigenvalue weighted by Gasteiger charge is 2.20. The van der Waals surface area contributed by atoms with E-state index in [0.717, 1.165) is 117 Å². The fraction of sp³-hybridized carbons (Fsp3) is 0.0179. The lowest BCUT2D eigenvalue weighted by Gasteiger charge is -2.11. The Morgan fingerprint density at radius 3 is 1.27 bits per heavy atom. The molecular formula is C56H38N6. The third kappa shape index (κ3) is 6.00. The number of benzene rings is 5. The van der Waals surface area contributed by atoms with Crippen molar-refractivity contribution in [2.75, 3.05) is 0 Å². The van der Waals surface area contributed by atoms with E-state index in [2.05, 4.69) is 222 Å². The minimum atomic E-state index is 0.854. The second kappa shape index (κ2) is 14.4. The molecule has 8 bridgehead atoms. The maximum absolute atomic E-state index is 5.52. The van der Waals surface area contributed by atoms with Crippen LogP contribution in [0.1, 0.15) is 28.3 Å². The fourth-order valence-corrected chi connectivity index (χ4v) is 9.09. The Morgan fingerprint density at radius 1 is 0.371 bits per heavy atom. The van der Waals surface area contributed by atoms with Crippen LogP contribution in [-0.4, -0.2) is 29.3 Å². The van der Waals surface area contributed by atoms with Crippen molar-refractivity contribution in [3.63, 3.8) is 0 Å². The number of hydrogen-bond donors (Lipinski definition) is 2. The first kappa shape index (κ1) is 35.6. The van der Waals surface area contributed by atoms with E-state index in [0.29, 0.717) is 0 Å². The molecule has 5 aromatic heterocycles. The van der Waals surface area contributed by atoms with E-state index in [-0.39, 0.29) is 0 Å². The molecule has 0 saturated heterocycles. The van der Waals surface area contributed by atoms with Crippen LogP contribution in [0.15, 0.2) is 176 Å². The average molecular weight is 795 g/mol. The number of rotatable bonds is 5. The number of nitrogens with one attached hydrogen (secondary N) is 2. The molecule has 0 amide bonds. The van der Waals surface area contributed by atoms with Crippen LogP contribution >= 0.6 is 0 Å². The SMILES string of the molecule is Cc1ccc(-c2nc3cc(-c4c5nc(c(-c6ccccc6)c6ccc([nH]6)c(-c6ccccc6)c6nc(c(-c7ccccc7)c7ccc4[nH]7)C=C6)C=C5)ccc3n3cccc23)cc1. The quantitative estimate of drug-likeness (QED) is 0.182. The molecule has 0 atom stereocenters. The highest BCUT2D eigenvalue weighted by atomic mass is 14.9. The summed E-state index contributed by atoms with van der Waals surface area (Å²) in [6, 6.07) is 59.7. The fourth-order valence-electron chi connectivity index (χ4n) is 9.09. The Bertz CT molecular complexity index is 3570. The molecule has 6 nitrogen and oxygen atoms in total. The van der Waals surface area contributed by atoms with Gasteiger partial charge in [0, 0.05) is 56.1 Å². The minimum Gasteiger partial charge on any atom is -0.354 e. The molecule has 2 aliphatic rings. The van der Waals surface area contributed by atoms with Gasteiger partial charge in [0.2, 0.25) is 0 Å². The Morgan fingerprint density at radius 2 is 0.806 bits per heavy atom. The van der Waals surface area contributed by atoms with Crippen LogP contribution in [0, 0.1) is 6.92 Å². The maximum Gasteiger partial charge on any atom is 0.0950 e. The topological polar surface area (TPSA) is 74.7 Å². The van der Waals surface area contributed by atoms with Crippen molar-refractivity contribution in [1.29, 1.82) is 0 Å². The molecule has 62 heavy (non-hydrogen) atoms. The van der Waals surface area contributed by atoms with E-state index in [1.807, 2.05) is 0 Å². The largest absolute Gasteiger partial charge is 0.354 e. The number of aryl methyl sites for hydroxylation is 1. The molecule has 0 fully saturated rings. The number of aromatic amines is 2. The van der Waals surface area contributed by atoms with Crippen LogP contribution in [0.4, 0.5) is 0 Å². The predicted octanol–water partition coefficient (Wildman–Crippen LogP) is 14.1. The van der Waals surface area contributed by atoms with E-state index in [1.165, 1.54) is 5.56 Å². The second-order valence-electron chi connectivity index (χ2n) is 15.9. The molecule has 2 aliphatic heterocycles. The first-order valence-electron chi connectivity index (χ1n) is 20.9. The zero-order valence-electron chi connectivity index (χ0n) is 33.8. The molecule has 0 spiro atoms. The molecule has 12 rings (SSSR count). The summed E-state index contributed by atoms with van der Waals surface area (Å²) in [4.78, 5) is 24.1. The van der Waals surface area contributed by atoms with Gasteiger partial charge in [0.05, 0.1) is 45.0 Å². The summed E-state index contributed by atoms with van der Waals surface area (Å²) in [5.41, 5.74) is 21.9. The summed E-state index contributed by atoms with van der Waals surface area (Å²) < 4.78 is 2.24. The zero-order chi connectivity index (χ0) is 41.1. The first-order chi connectivity index (χ1) is 30.6. The summed E-state index contributed by atoms with van der Waals surface area (Å²) in [5, 5.41) is 0. The lowest BCUT2D eigenvalue weighted by Crippen LogP contribution is -1.96. The molecule has 0 unspecified atom stereocenters. The van der Waals surface area contributed by atoms with E-state index in [1.54, 1.807) is 0 Å². The molecule has 10 aromatic rings. The summed E-state index contributed by atoms with van der Waals surface area (Å²) in [6.45, 7) is 2.11. The van der Waals surface area contributed by atoms with Crippen LogP contribution in [0.3, 0.4) is 0 Å². The molecule has 292 valence electrons. The molecule has 5 aromatic carbocycles. The van der Waals surface area contributed by atoms with Crippen LogP contribution in [0.5, 0.6) is 0 Å². The van der Waals surface area contributed by atoms with Crippen molar-refractivity contribution in [2.45, 2.75) is 6.92 Å². The molecular weight excluding hydrogens is 757 g/mol. The third-order valence-electron chi connectivity index (χ3n) is 12.0. The summed E-state index contributed by atoms with van der Waals surface area (Å²) in [6.07, 6.45) is 10.7. The van der Waals surface area contributed by atoms with E-state index >= 15 is 0 Å². The van der Waals surface area contributed by atoms with E-state index in [9.17, 15) is 0 Å². The Balaban J connectivity index is 1.20. The standard InChI is InChI=1S/C56H38N6/c1-35-19-21-39(22-20-35)56-51-18-11-33-62(51)50-32-23-40(34-49(50)61-56)55-47-30-28-45(59-47)53(37-14-7-3-8-15-37)43-26-24-41(57-43)52(36-12-5-2-6-13-36)42-25-27-44(58-42)54(38-16-9-4-10-17-38)46-29-31-48(55)60-46/h2-34,57,60H,1H3. The van der Waals surface area contributed by atoms with Gasteiger partial charge in [0.15, 0.2) is 0 Å². The molecule has 0 saturated carbocycles. The van der Waals surface area contributed by atoms with Gasteiger partial charge in [0.25, 0.3) is 0 Å². The monoisotopic (exact) mass is 794 g/mol. The van der Waals surface area contributed by atoms with Crippen molar-refractivity contribution < 1.29 is 0 Å². The minimum absolute atomic E-state index is 0.854. The van der Waals surface area contributed by atoms with Crippen LogP contribution in [0.2, 0.25) is 0 Å². The molecule has 0 aliphatic carbocycles. The van der Waals surface area contributed by atoms with E-state index in [4.69, 9.17) is 15.0 Å². The Kier molecular flexibility index (Phi) is 8.28. The molecule has 6 heteroatoms. The van der Waals surface area contributed by atoms with Crippen molar-refractivity contribution in [1.82, 2.24) is 29.3 Å². The van der Waals surface area contributed by atoms with Gasteiger partial charge in [0.1, 0.15) is 0 Å². The predicted molar refractivity (Wildman–Crippen MR) is 257 cm³/mol. The van der Waals surface area contributed by atoms with Gasteiger partial charge in [-0.3, -0.25) is 0 Å². The number of hydrogen-bond acceptors (Lipinski definition) is 3. The first-order valence-corrected chi connectivity index (χ1v) is 20.9. The maximum atomic E-state index is 5.52. The van der Waals surface area contributed by atoms with Crippen LogP contribution < -0.4 is 0 Å². The smallest absolute Gasteiger partial charge is 0.0950 e.